The molecule has 18 heavy (non-hydrogen) atoms. The maximum Gasteiger partial charge on any atom is 0.167 e. The molecular formula is C13H14N4S. The van der Waals surface area contributed by atoms with Crippen LogP contribution in [-0.4, -0.2) is 19.6 Å². The second-order valence-electron chi connectivity index (χ2n) is 5.07. The molecule has 0 saturated heterocycles. The average molecular weight is 258 g/mol. The van der Waals surface area contributed by atoms with Gasteiger partial charge in [0.15, 0.2) is 5.65 Å². The zero-order chi connectivity index (χ0) is 12.3. The fourth-order valence-electron chi connectivity index (χ4n) is 3.04. The van der Waals surface area contributed by atoms with Crippen molar-refractivity contribution in [3.05, 3.63) is 22.6 Å². The first kappa shape index (κ1) is 10.4. The van der Waals surface area contributed by atoms with Gasteiger partial charge >= 0.3 is 0 Å². The number of hydrogen-bond acceptors (Lipinski definition) is 4. The van der Waals surface area contributed by atoms with Crippen molar-refractivity contribution in [2.75, 3.05) is 0 Å². The van der Waals surface area contributed by atoms with Crippen LogP contribution in [-0.2, 0) is 6.42 Å². The van der Waals surface area contributed by atoms with E-state index in [9.17, 15) is 0 Å². The molecule has 0 fully saturated rings. The standard InChI is InChI=1S/C13H14N4S/c1-7-4-3-5-9-10(7)11-12-14-6-15-17(12)8(2)16-13(11)18-9/h6-7H,3-5H2,1-2H3/t7-/m1/s1. The minimum Gasteiger partial charge on any atom is -0.222 e. The Labute approximate surface area is 109 Å². The molecule has 92 valence electrons. The van der Waals surface area contributed by atoms with E-state index in [0.717, 1.165) is 16.3 Å². The summed E-state index contributed by atoms with van der Waals surface area (Å²) in [4.78, 5) is 11.8. The van der Waals surface area contributed by atoms with Crippen LogP contribution < -0.4 is 0 Å². The van der Waals surface area contributed by atoms with Crippen LogP contribution in [0.5, 0.6) is 0 Å². The van der Waals surface area contributed by atoms with Gasteiger partial charge in [-0.25, -0.2) is 9.97 Å². The molecule has 1 atom stereocenters. The van der Waals surface area contributed by atoms with Crippen molar-refractivity contribution in [2.24, 2.45) is 0 Å². The van der Waals surface area contributed by atoms with E-state index in [2.05, 4.69) is 17.0 Å². The largest absolute Gasteiger partial charge is 0.222 e. The zero-order valence-electron chi connectivity index (χ0n) is 10.5. The van der Waals surface area contributed by atoms with E-state index < -0.39 is 0 Å². The Hall–Kier alpha value is -1.49. The lowest BCUT2D eigenvalue weighted by molar-refractivity contribution is 0.602. The van der Waals surface area contributed by atoms with Gasteiger partial charge in [0.2, 0.25) is 0 Å². The second kappa shape index (κ2) is 3.51. The fraction of sp³-hybridized carbons (Fsp3) is 0.462. The number of hydrogen-bond donors (Lipinski definition) is 0. The van der Waals surface area contributed by atoms with Crippen molar-refractivity contribution in [3.63, 3.8) is 0 Å². The van der Waals surface area contributed by atoms with Gasteiger partial charge in [-0.1, -0.05) is 6.92 Å². The third-order valence-corrected chi connectivity index (χ3v) is 5.04. The van der Waals surface area contributed by atoms with Crippen LogP contribution in [0.4, 0.5) is 0 Å². The predicted molar refractivity (Wildman–Crippen MR) is 72.3 cm³/mol. The Kier molecular flexibility index (Phi) is 2.03. The van der Waals surface area contributed by atoms with E-state index in [4.69, 9.17) is 4.98 Å². The van der Waals surface area contributed by atoms with Gasteiger partial charge in [-0.05, 0) is 37.7 Å². The highest BCUT2D eigenvalue weighted by molar-refractivity contribution is 7.19. The quantitative estimate of drug-likeness (QED) is 0.622. The van der Waals surface area contributed by atoms with E-state index in [0.29, 0.717) is 5.92 Å². The van der Waals surface area contributed by atoms with Crippen LogP contribution in [0.3, 0.4) is 0 Å². The van der Waals surface area contributed by atoms with Crippen molar-refractivity contribution in [2.45, 2.75) is 39.0 Å². The van der Waals surface area contributed by atoms with Gasteiger partial charge in [0.05, 0.1) is 5.39 Å². The van der Waals surface area contributed by atoms with Crippen LogP contribution in [0.25, 0.3) is 15.9 Å². The number of rotatable bonds is 0. The van der Waals surface area contributed by atoms with Gasteiger partial charge in [-0.15, -0.1) is 11.3 Å². The summed E-state index contributed by atoms with van der Waals surface area (Å²) in [6, 6.07) is 0. The SMILES string of the molecule is Cc1nc2sc3c(c2c2ncnn12)[C@H](C)CCC3. The van der Waals surface area contributed by atoms with Gasteiger partial charge in [0, 0.05) is 4.88 Å². The minimum atomic E-state index is 0.618. The third kappa shape index (κ3) is 1.22. The molecule has 0 aromatic carbocycles. The number of nitrogens with zero attached hydrogens (tertiary/aromatic N) is 4. The van der Waals surface area contributed by atoms with Gasteiger partial charge in [-0.2, -0.15) is 9.61 Å². The molecule has 3 aromatic heterocycles. The summed E-state index contributed by atoms with van der Waals surface area (Å²) in [5.41, 5.74) is 2.45. The van der Waals surface area contributed by atoms with Crippen molar-refractivity contribution in [1.29, 1.82) is 0 Å². The van der Waals surface area contributed by atoms with E-state index >= 15 is 0 Å². The first-order chi connectivity index (χ1) is 8.75. The van der Waals surface area contributed by atoms with E-state index in [1.165, 1.54) is 35.1 Å². The lowest BCUT2D eigenvalue weighted by Crippen LogP contribution is -2.05. The molecule has 1 aliphatic rings. The lowest BCUT2D eigenvalue weighted by atomic mass is 9.87. The van der Waals surface area contributed by atoms with Crippen molar-refractivity contribution >= 4 is 27.2 Å². The molecular weight excluding hydrogens is 244 g/mol. The molecule has 4 rings (SSSR count). The topological polar surface area (TPSA) is 43.1 Å². The van der Waals surface area contributed by atoms with Crippen LogP contribution in [0, 0.1) is 6.92 Å². The lowest BCUT2D eigenvalue weighted by Gasteiger charge is -2.18. The third-order valence-electron chi connectivity index (χ3n) is 3.88. The van der Waals surface area contributed by atoms with E-state index in [1.807, 2.05) is 22.8 Å². The summed E-state index contributed by atoms with van der Waals surface area (Å²) in [5, 5.41) is 5.51. The van der Waals surface area contributed by atoms with Crippen LogP contribution >= 0.6 is 11.3 Å². The number of aryl methyl sites for hydroxylation is 2. The molecule has 5 heteroatoms. The summed E-state index contributed by atoms with van der Waals surface area (Å²) >= 11 is 1.84. The van der Waals surface area contributed by atoms with Crippen molar-refractivity contribution < 1.29 is 0 Å². The zero-order valence-corrected chi connectivity index (χ0v) is 11.3. The maximum atomic E-state index is 4.69. The summed E-state index contributed by atoms with van der Waals surface area (Å²) in [7, 11) is 0. The molecule has 0 N–H and O–H groups in total. The monoisotopic (exact) mass is 258 g/mol. The van der Waals surface area contributed by atoms with Gasteiger partial charge in [0.25, 0.3) is 0 Å². The maximum absolute atomic E-state index is 4.69. The molecule has 0 aliphatic heterocycles. The molecule has 0 unspecified atom stereocenters. The molecule has 4 nitrogen and oxygen atoms in total. The van der Waals surface area contributed by atoms with Gasteiger partial charge < -0.3 is 0 Å². The van der Waals surface area contributed by atoms with Crippen LogP contribution in [0.15, 0.2) is 6.33 Å². The summed E-state index contributed by atoms with van der Waals surface area (Å²) < 4.78 is 1.86. The first-order valence-corrected chi connectivity index (χ1v) is 7.19. The second-order valence-corrected chi connectivity index (χ2v) is 6.15. The fourth-order valence-corrected chi connectivity index (χ4v) is 4.41. The summed E-state index contributed by atoms with van der Waals surface area (Å²) in [6.45, 7) is 4.31. The highest BCUT2D eigenvalue weighted by Crippen LogP contribution is 2.42. The Morgan fingerprint density at radius 2 is 2.33 bits per heavy atom. The first-order valence-electron chi connectivity index (χ1n) is 6.37. The predicted octanol–water partition coefficient (Wildman–Crippen LogP) is 3.09. The number of fused-ring (bicyclic) bond motifs is 5. The Morgan fingerprint density at radius 1 is 1.44 bits per heavy atom. The Balaban J connectivity index is 2.22. The average Bonchev–Trinajstić information content (AvgIpc) is 2.92. The van der Waals surface area contributed by atoms with Gasteiger partial charge in [-0.3, -0.25) is 0 Å². The molecule has 0 spiro atoms. The molecule has 0 radical (unpaired) electrons. The summed E-state index contributed by atoms with van der Waals surface area (Å²) in [6.07, 6.45) is 5.39. The van der Waals surface area contributed by atoms with Crippen LogP contribution in [0.2, 0.25) is 0 Å². The molecule has 1 aliphatic carbocycles. The number of aromatic nitrogens is 4. The Bertz CT molecular complexity index is 755. The van der Waals surface area contributed by atoms with Gasteiger partial charge in [0.1, 0.15) is 17.0 Å². The van der Waals surface area contributed by atoms with Crippen molar-refractivity contribution in [1.82, 2.24) is 19.6 Å². The smallest absolute Gasteiger partial charge is 0.167 e. The highest BCUT2D eigenvalue weighted by atomic mass is 32.1. The minimum absolute atomic E-state index is 0.618. The molecule has 3 aromatic rings. The number of thiophene rings is 1. The van der Waals surface area contributed by atoms with E-state index in [1.54, 1.807) is 6.33 Å². The summed E-state index contributed by atoms with van der Waals surface area (Å²) in [5.74, 6) is 1.54. The molecule has 0 amide bonds. The van der Waals surface area contributed by atoms with E-state index in [-0.39, 0.29) is 0 Å². The molecule has 0 bridgehead atoms. The normalized spacial score (nSPS) is 19.6. The van der Waals surface area contributed by atoms with Crippen molar-refractivity contribution in [3.8, 4) is 0 Å². The van der Waals surface area contributed by atoms with Crippen LogP contribution in [0.1, 0.15) is 41.9 Å². The molecule has 0 saturated carbocycles. The molecule has 3 heterocycles. The highest BCUT2D eigenvalue weighted by Gasteiger charge is 2.25. The Morgan fingerprint density at radius 3 is 3.22 bits per heavy atom.